The van der Waals surface area contributed by atoms with E-state index in [1.165, 1.54) is 44.9 Å². The first-order valence-electron chi connectivity index (χ1n) is 13.1. The van der Waals surface area contributed by atoms with Crippen molar-refractivity contribution in [2.24, 2.45) is 0 Å². The molecular weight excluding hydrogens is 432 g/mol. The van der Waals surface area contributed by atoms with E-state index in [1.54, 1.807) is 11.8 Å². The molecule has 0 radical (unpaired) electrons. The van der Waals surface area contributed by atoms with Crippen molar-refractivity contribution in [1.29, 1.82) is 0 Å². The van der Waals surface area contributed by atoms with E-state index in [-0.39, 0.29) is 11.9 Å². The van der Waals surface area contributed by atoms with Crippen LogP contribution in [0.3, 0.4) is 0 Å². The van der Waals surface area contributed by atoms with Crippen LogP contribution in [-0.4, -0.2) is 59.0 Å². The number of nitrogens with one attached hydrogen (secondary N) is 1. The van der Waals surface area contributed by atoms with Crippen LogP contribution in [0, 0.1) is 6.92 Å². The van der Waals surface area contributed by atoms with Gasteiger partial charge in [0.05, 0.1) is 27.8 Å². The Morgan fingerprint density at radius 3 is 2.39 bits per heavy atom. The third-order valence-corrected chi connectivity index (χ3v) is 8.96. The van der Waals surface area contributed by atoms with Crippen molar-refractivity contribution < 1.29 is 9.53 Å². The smallest absolute Gasteiger partial charge is 0.257 e. The number of thioether (sulfide) groups is 1. The van der Waals surface area contributed by atoms with E-state index in [0.29, 0.717) is 18.2 Å². The molecule has 184 valence electrons. The number of rotatable bonds is 7. The minimum atomic E-state index is 0.0703. The number of nitrogens with zero attached hydrogens (tertiary/aromatic N) is 3. The molecule has 1 aromatic heterocycles. The molecule has 3 aliphatic rings. The lowest BCUT2D eigenvalue weighted by Crippen LogP contribution is -2.47. The second-order valence-corrected chi connectivity index (χ2v) is 11.1. The summed E-state index contributed by atoms with van der Waals surface area (Å²) in [4.78, 5) is 16.6. The van der Waals surface area contributed by atoms with E-state index in [1.807, 2.05) is 20.1 Å². The first kappa shape index (κ1) is 24.8. The largest absolute Gasteiger partial charge is 0.381 e. The normalized spacial score (nSPS) is 26.5. The van der Waals surface area contributed by atoms with E-state index in [0.717, 1.165) is 54.4 Å². The second kappa shape index (κ2) is 11.9. The SMILES string of the molecule is C/C=C(\Sc1cc(C)nn1C1CCCCC1)C(=O)N[C@H]1CC[C@H](N2CCC(OC)CC2)CC1. The van der Waals surface area contributed by atoms with Crippen molar-refractivity contribution in [2.45, 2.75) is 114 Å². The number of methoxy groups -OCH3 is 1. The summed E-state index contributed by atoms with van der Waals surface area (Å²) in [6.07, 6.45) is 15.4. The molecule has 2 aliphatic carbocycles. The number of aryl methyl sites for hydroxylation is 1. The molecule has 7 heteroatoms. The third-order valence-electron chi connectivity index (χ3n) is 7.80. The van der Waals surface area contributed by atoms with Crippen molar-refractivity contribution in [2.75, 3.05) is 20.2 Å². The van der Waals surface area contributed by atoms with E-state index >= 15 is 0 Å². The molecule has 1 aliphatic heterocycles. The quantitative estimate of drug-likeness (QED) is 0.433. The Hall–Kier alpha value is -1.31. The number of carbonyl (C=O) groups is 1. The maximum Gasteiger partial charge on any atom is 0.257 e. The predicted octanol–water partition coefficient (Wildman–Crippen LogP) is 5.23. The molecule has 4 rings (SSSR count). The van der Waals surface area contributed by atoms with Crippen LogP contribution in [-0.2, 0) is 9.53 Å². The lowest BCUT2D eigenvalue weighted by atomic mass is 9.89. The number of amides is 1. The Morgan fingerprint density at radius 2 is 1.76 bits per heavy atom. The number of ether oxygens (including phenoxy) is 1. The number of aromatic nitrogens is 2. The van der Waals surface area contributed by atoms with E-state index in [4.69, 9.17) is 9.84 Å². The number of hydrogen-bond acceptors (Lipinski definition) is 5. The van der Waals surface area contributed by atoms with Crippen LogP contribution in [0.4, 0.5) is 0 Å². The molecule has 0 spiro atoms. The molecule has 2 heterocycles. The molecule has 1 saturated heterocycles. The highest BCUT2D eigenvalue weighted by atomic mass is 32.2. The zero-order valence-electron chi connectivity index (χ0n) is 20.7. The summed E-state index contributed by atoms with van der Waals surface area (Å²) in [5.74, 6) is 0.0703. The Labute approximate surface area is 203 Å². The molecule has 1 aromatic rings. The van der Waals surface area contributed by atoms with Crippen LogP contribution < -0.4 is 5.32 Å². The maximum absolute atomic E-state index is 13.1. The van der Waals surface area contributed by atoms with Crippen LogP contribution in [0.5, 0.6) is 0 Å². The molecule has 6 nitrogen and oxygen atoms in total. The highest BCUT2D eigenvalue weighted by Crippen LogP contribution is 2.35. The predicted molar refractivity (Wildman–Crippen MR) is 134 cm³/mol. The molecule has 3 fully saturated rings. The maximum atomic E-state index is 13.1. The Kier molecular flexibility index (Phi) is 8.94. The summed E-state index contributed by atoms with van der Waals surface area (Å²) in [5, 5.41) is 9.23. The highest BCUT2D eigenvalue weighted by Gasteiger charge is 2.30. The first-order valence-corrected chi connectivity index (χ1v) is 13.9. The van der Waals surface area contributed by atoms with Gasteiger partial charge in [0, 0.05) is 32.3 Å². The molecule has 0 bridgehead atoms. The minimum absolute atomic E-state index is 0.0703. The number of carbonyl (C=O) groups excluding carboxylic acids is 1. The molecule has 1 N–H and O–H groups in total. The van der Waals surface area contributed by atoms with Gasteiger partial charge in [-0.25, -0.2) is 0 Å². The van der Waals surface area contributed by atoms with E-state index in [9.17, 15) is 4.79 Å². The number of hydrogen-bond donors (Lipinski definition) is 1. The van der Waals surface area contributed by atoms with Gasteiger partial charge in [0.15, 0.2) is 0 Å². The second-order valence-electron chi connectivity index (χ2n) is 10.1. The van der Waals surface area contributed by atoms with Crippen molar-refractivity contribution >= 4 is 17.7 Å². The van der Waals surface area contributed by atoms with Crippen molar-refractivity contribution in [3.05, 3.63) is 22.7 Å². The van der Waals surface area contributed by atoms with E-state index in [2.05, 4.69) is 27.9 Å². The number of likely N-dealkylation sites (tertiary alicyclic amines) is 1. The summed E-state index contributed by atoms with van der Waals surface area (Å²) in [6, 6.07) is 3.55. The average Bonchev–Trinajstić information content (AvgIpc) is 3.23. The van der Waals surface area contributed by atoms with Gasteiger partial charge < -0.3 is 15.0 Å². The van der Waals surface area contributed by atoms with Gasteiger partial charge in [0.25, 0.3) is 5.91 Å². The van der Waals surface area contributed by atoms with Crippen molar-refractivity contribution in [3.63, 3.8) is 0 Å². The molecule has 0 unspecified atom stereocenters. The fourth-order valence-corrected chi connectivity index (χ4v) is 6.83. The van der Waals surface area contributed by atoms with Gasteiger partial charge in [-0.2, -0.15) is 5.10 Å². The van der Waals surface area contributed by atoms with Gasteiger partial charge in [-0.3, -0.25) is 9.48 Å². The summed E-state index contributed by atoms with van der Waals surface area (Å²) < 4.78 is 7.71. The third kappa shape index (κ3) is 6.43. The summed E-state index contributed by atoms with van der Waals surface area (Å²) in [6.45, 7) is 6.31. The lowest BCUT2D eigenvalue weighted by Gasteiger charge is -2.40. The fraction of sp³-hybridized carbons (Fsp3) is 0.769. The Morgan fingerprint density at radius 1 is 1.06 bits per heavy atom. The zero-order valence-corrected chi connectivity index (χ0v) is 21.5. The zero-order chi connectivity index (χ0) is 23.2. The van der Waals surface area contributed by atoms with Gasteiger partial charge >= 0.3 is 0 Å². The molecule has 33 heavy (non-hydrogen) atoms. The summed E-state index contributed by atoms with van der Waals surface area (Å²) in [7, 11) is 1.83. The number of allylic oxidation sites excluding steroid dienone is 1. The molecule has 0 aromatic carbocycles. The van der Waals surface area contributed by atoms with Gasteiger partial charge in [-0.05, 0) is 71.3 Å². The van der Waals surface area contributed by atoms with Crippen LogP contribution in [0.25, 0.3) is 0 Å². The molecular formula is C26H42N4O2S. The monoisotopic (exact) mass is 474 g/mol. The minimum Gasteiger partial charge on any atom is -0.381 e. The van der Waals surface area contributed by atoms with Gasteiger partial charge in [0.2, 0.25) is 0 Å². The van der Waals surface area contributed by atoms with E-state index < -0.39 is 0 Å². The average molecular weight is 475 g/mol. The first-order chi connectivity index (χ1) is 16.1. The number of piperidine rings is 1. The fourth-order valence-electron chi connectivity index (χ4n) is 5.82. The van der Waals surface area contributed by atoms with Crippen LogP contribution in [0.1, 0.15) is 89.3 Å². The topological polar surface area (TPSA) is 59.4 Å². The standard InChI is InChI=1S/C26H42N4O2S/c1-4-24(33-25-18-19(2)28-30(25)22-8-6-5-7-9-22)26(31)27-20-10-12-21(13-11-20)29-16-14-23(32-3)15-17-29/h4,18,20-23H,5-17H2,1-3H3,(H,27,31)/b24-4-/t20-,21-. The van der Waals surface area contributed by atoms with Crippen molar-refractivity contribution in [1.82, 2.24) is 20.0 Å². The van der Waals surface area contributed by atoms with Crippen LogP contribution in [0.2, 0.25) is 0 Å². The Bertz CT molecular complexity index is 801. The van der Waals surface area contributed by atoms with Gasteiger partial charge in [-0.15, -0.1) is 0 Å². The molecule has 2 saturated carbocycles. The lowest BCUT2D eigenvalue weighted by molar-refractivity contribution is -0.117. The molecule has 0 atom stereocenters. The summed E-state index contributed by atoms with van der Waals surface area (Å²) in [5.41, 5.74) is 1.03. The van der Waals surface area contributed by atoms with Crippen LogP contribution in [0.15, 0.2) is 22.1 Å². The molecule has 1 amide bonds. The van der Waals surface area contributed by atoms with Gasteiger partial charge in [-0.1, -0.05) is 37.1 Å². The summed E-state index contributed by atoms with van der Waals surface area (Å²) >= 11 is 1.58. The highest BCUT2D eigenvalue weighted by molar-refractivity contribution is 8.04. The van der Waals surface area contributed by atoms with Crippen LogP contribution >= 0.6 is 11.8 Å². The van der Waals surface area contributed by atoms with Crippen molar-refractivity contribution in [3.8, 4) is 0 Å². The van der Waals surface area contributed by atoms with Gasteiger partial charge in [0.1, 0.15) is 0 Å². The Balaban J connectivity index is 1.28.